The van der Waals surface area contributed by atoms with Crippen LogP contribution < -0.4 is 10.5 Å². The second-order valence-electron chi connectivity index (χ2n) is 5.26. The molecule has 0 fully saturated rings. The molecule has 0 spiro atoms. The molecule has 19 heavy (non-hydrogen) atoms. The van der Waals surface area contributed by atoms with Crippen molar-refractivity contribution in [1.29, 1.82) is 0 Å². The minimum Gasteiger partial charge on any atom is -0.447 e. The van der Waals surface area contributed by atoms with E-state index in [4.69, 9.17) is 9.56 Å². The molecule has 1 rings (SSSR count). The Morgan fingerprint density at radius 2 is 2.00 bits per heavy atom. The van der Waals surface area contributed by atoms with E-state index in [1.807, 2.05) is 14.1 Å². The third-order valence-corrected chi connectivity index (χ3v) is 3.60. The highest BCUT2D eigenvalue weighted by Crippen LogP contribution is 2.13. The van der Waals surface area contributed by atoms with Gasteiger partial charge in [-0.2, -0.15) is 0 Å². The van der Waals surface area contributed by atoms with Crippen LogP contribution in [0.25, 0.3) is 0 Å². The quantitative estimate of drug-likeness (QED) is 0.767. The fourth-order valence-corrected chi connectivity index (χ4v) is 2.22. The number of rotatable bonds is 7. The molecule has 6 nitrogen and oxygen atoms in total. The maximum atomic E-state index is 11.1. The van der Waals surface area contributed by atoms with Crippen molar-refractivity contribution in [3.63, 3.8) is 0 Å². The van der Waals surface area contributed by atoms with Crippen molar-refractivity contribution in [2.24, 2.45) is 11.1 Å². The van der Waals surface area contributed by atoms with Crippen LogP contribution in [0.5, 0.6) is 0 Å². The van der Waals surface area contributed by atoms with Gasteiger partial charge in [0.05, 0.1) is 6.54 Å². The molecule has 7 heteroatoms. The molecule has 1 heterocycles. The van der Waals surface area contributed by atoms with Crippen LogP contribution in [-0.4, -0.2) is 40.0 Å². The van der Waals surface area contributed by atoms with Crippen LogP contribution in [0, 0.1) is 5.92 Å². The molecule has 0 aliphatic heterocycles. The Bertz CT molecular complexity index is 494. The normalized spacial score (nSPS) is 14.3. The van der Waals surface area contributed by atoms with Crippen LogP contribution in [0.1, 0.15) is 19.6 Å². The van der Waals surface area contributed by atoms with Gasteiger partial charge in [-0.25, -0.2) is 13.6 Å². The predicted molar refractivity (Wildman–Crippen MR) is 74.1 cm³/mol. The average molecular weight is 289 g/mol. The molecule has 1 aromatic heterocycles. The first kappa shape index (κ1) is 16.2. The number of hydrogen-bond acceptors (Lipinski definition) is 5. The smallest absolute Gasteiger partial charge is 0.271 e. The van der Waals surface area contributed by atoms with Gasteiger partial charge in [-0.1, -0.05) is 13.8 Å². The number of sulfonamides is 1. The molecular formula is C12H23N3O3S. The summed E-state index contributed by atoms with van der Waals surface area (Å²) in [6.07, 6.45) is 0. The third kappa shape index (κ3) is 5.32. The number of nitrogens with two attached hydrogens (primary N) is 1. The monoisotopic (exact) mass is 289 g/mol. The van der Waals surface area contributed by atoms with Crippen molar-refractivity contribution < 1.29 is 12.8 Å². The van der Waals surface area contributed by atoms with E-state index in [0.29, 0.717) is 24.3 Å². The zero-order valence-electron chi connectivity index (χ0n) is 11.9. The Balaban J connectivity index is 2.62. The topological polar surface area (TPSA) is 88.6 Å². The molecule has 0 aliphatic rings. The lowest BCUT2D eigenvalue weighted by atomic mass is 10.0. The lowest BCUT2D eigenvalue weighted by molar-refractivity contribution is 0.279. The number of nitrogens with zero attached hydrogens (tertiary/aromatic N) is 1. The zero-order valence-corrected chi connectivity index (χ0v) is 12.7. The molecule has 110 valence electrons. The van der Waals surface area contributed by atoms with Crippen LogP contribution in [0.4, 0.5) is 0 Å². The van der Waals surface area contributed by atoms with Crippen LogP contribution in [-0.2, 0) is 16.6 Å². The van der Waals surface area contributed by atoms with Crippen molar-refractivity contribution >= 4 is 10.0 Å². The Hall–Kier alpha value is -0.890. The number of furan rings is 1. The second kappa shape index (κ2) is 6.51. The highest BCUT2D eigenvalue weighted by Gasteiger charge is 2.16. The fraction of sp³-hybridized carbons (Fsp3) is 0.667. The van der Waals surface area contributed by atoms with Gasteiger partial charge >= 0.3 is 0 Å². The van der Waals surface area contributed by atoms with Crippen LogP contribution in [0.2, 0.25) is 0 Å². The number of likely N-dealkylation sites (N-methyl/N-ethyl adjacent to an activating group) is 1. The summed E-state index contributed by atoms with van der Waals surface area (Å²) in [5, 5.41) is 8.16. The first-order chi connectivity index (χ1) is 8.70. The lowest BCUT2D eigenvalue weighted by Gasteiger charge is -2.25. The predicted octanol–water partition coefficient (Wildman–Crippen LogP) is 0.603. The van der Waals surface area contributed by atoms with Gasteiger partial charge in [0, 0.05) is 12.6 Å². The van der Waals surface area contributed by atoms with Gasteiger partial charge in [-0.15, -0.1) is 0 Å². The van der Waals surface area contributed by atoms with Crippen molar-refractivity contribution in [2.75, 3.05) is 20.6 Å². The summed E-state index contributed by atoms with van der Waals surface area (Å²) in [7, 11) is 0.275. The molecule has 0 bridgehead atoms. The largest absolute Gasteiger partial charge is 0.447 e. The van der Waals surface area contributed by atoms with E-state index in [0.717, 1.165) is 6.54 Å². The highest BCUT2D eigenvalue weighted by atomic mass is 32.2. The molecule has 0 aliphatic carbocycles. The summed E-state index contributed by atoms with van der Waals surface area (Å²) in [5.74, 6) is 1.03. The Morgan fingerprint density at radius 1 is 1.37 bits per heavy atom. The molecule has 1 aromatic rings. The molecule has 1 atom stereocenters. The summed E-state index contributed by atoms with van der Waals surface area (Å²) in [6.45, 7) is 5.66. The highest BCUT2D eigenvalue weighted by molar-refractivity contribution is 7.89. The molecule has 0 amide bonds. The van der Waals surface area contributed by atoms with Crippen LogP contribution >= 0.6 is 0 Å². The molecule has 3 N–H and O–H groups in total. The van der Waals surface area contributed by atoms with Crippen molar-refractivity contribution in [3.05, 3.63) is 17.9 Å². The summed E-state index contributed by atoms with van der Waals surface area (Å²) in [4.78, 5) is 2.11. The van der Waals surface area contributed by atoms with Crippen molar-refractivity contribution in [2.45, 2.75) is 31.5 Å². The van der Waals surface area contributed by atoms with E-state index in [2.05, 4.69) is 24.1 Å². The Kier molecular flexibility index (Phi) is 5.54. The first-order valence-electron chi connectivity index (χ1n) is 6.19. The fourth-order valence-electron chi connectivity index (χ4n) is 1.74. The Labute approximate surface area is 115 Å². The van der Waals surface area contributed by atoms with Gasteiger partial charge in [0.25, 0.3) is 10.0 Å². The molecule has 0 aromatic carbocycles. The summed E-state index contributed by atoms with van der Waals surface area (Å²) in [6, 6.07) is 3.31. The van der Waals surface area contributed by atoms with E-state index in [1.54, 1.807) is 6.07 Å². The van der Waals surface area contributed by atoms with Gasteiger partial charge in [-0.3, -0.25) is 0 Å². The SMILES string of the molecule is CC(C)C(CN(C)C)NCc1ccc(S(N)(=O)=O)o1. The molecule has 1 unspecified atom stereocenters. The van der Waals surface area contributed by atoms with E-state index in [-0.39, 0.29) is 5.09 Å². The molecular weight excluding hydrogens is 266 g/mol. The lowest BCUT2D eigenvalue weighted by Crippen LogP contribution is -2.41. The molecule has 0 saturated carbocycles. The van der Waals surface area contributed by atoms with E-state index in [1.165, 1.54) is 6.07 Å². The standard InChI is InChI=1S/C12H23N3O3S/c1-9(2)11(8-15(3)4)14-7-10-5-6-12(18-10)19(13,16)17/h5-6,9,11,14H,7-8H2,1-4H3,(H2,13,16,17). The average Bonchev–Trinajstić information content (AvgIpc) is 2.71. The molecule has 0 saturated heterocycles. The Morgan fingerprint density at radius 3 is 2.42 bits per heavy atom. The first-order valence-corrected chi connectivity index (χ1v) is 7.74. The van der Waals surface area contributed by atoms with Crippen LogP contribution in [0.15, 0.2) is 21.6 Å². The maximum absolute atomic E-state index is 11.1. The van der Waals surface area contributed by atoms with Gasteiger partial charge in [-0.05, 0) is 32.1 Å². The van der Waals surface area contributed by atoms with E-state index in [9.17, 15) is 8.42 Å². The second-order valence-corrected chi connectivity index (χ2v) is 6.75. The number of primary sulfonamides is 1. The minimum atomic E-state index is -3.76. The van der Waals surface area contributed by atoms with E-state index >= 15 is 0 Å². The summed E-state index contributed by atoms with van der Waals surface area (Å²) >= 11 is 0. The van der Waals surface area contributed by atoms with E-state index < -0.39 is 10.0 Å². The van der Waals surface area contributed by atoms with Gasteiger partial charge in [0.1, 0.15) is 5.76 Å². The van der Waals surface area contributed by atoms with Crippen molar-refractivity contribution in [3.8, 4) is 0 Å². The summed E-state index contributed by atoms with van der Waals surface area (Å²) < 4.78 is 27.4. The van der Waals surface area contributed by atoms with Crippen molar-refractivity contribution in [1.82, 2.24) is 10.2 Å². The van der Waals surface area contributed by atoms with Gasteiger partial charge in [0.15, 0.2) is 0 Å². The summed E-state index contributed by atoms with van der Waals surface area (Å²) in [5.41, 5.74) is 0. The zero-order chi connectivity index (χ0) is 14.6. The van der Waals surface area contributed by atoms with Gasteiger partial charge in [0.2, 0.25) is 5.09 Å². The third-order valence-electron chi connectivity index (χ3n) is 2.82. The number of hydrogen-bond donors (Lipinski definition) is 2. The van der Waals surface area contributed by atoms with Crippen LogP contribution in [0.3, 0.4) is 0 Å². The minimum absolute atomic E-state index is 0.196. The van der Waals surface area contributed by atoms with Gasteiger partial charge < -0.3 is 14.6 Å². The maximum Gasteiger partial charge on any atom is 0.271 e. The number of nitrogens with one attached hydrogen (secondary N) is 1. The molecule has 0 radical (unpaired) electrons.